The van der Waals surface area contributed by atoms with Gasteiger partial charge >= 0.3 is 5.97 Å². The maximum atomic E-state index is 12.4. The molecule has 0 N–H and O–H groups in total. The van der Waals surface area contributed by atoms with Crippen LogP contribution < -0.4 is 9.47 Å². The minimum atomic E-state index is -0.586. The molecule has 0 unspecified atom stereocenters. The van der Waals surface area contributed by atoms with Gasteiger partial charge in [0.05, 0.1) is 18.7 Å². The van der Waals surface area contributed by atoms with Gasteiger partial charge in [0.1, 0.15) is 0 Å². The number of amides is 1. The molecule has 1 fully saturated rings. The highest BCUT2D eigenvalue weighted by atomic mass is 35.5. The highest BCUT2D eigenvalue weighted by Gasteiger charge is 2.29. The summed E-state index contributed by atoms with van der Waals surface area (Å²) in [6.07, 6.45) is 6.75. The summed E-state index contributed by atoms with van der Waals surface area (Å²) >= 11 is 6.28. The predicted molar refractivity (Wildman–Crippen MR) is 113 cm³/mol. The maximum absolute atomic E-state index is 12.4. The lowest BCUT2D eigenvalue weighted by molar-refractivity contribution is -0.151. The molecule has 2 atom stereocenters. The second-order valence-electron chi connectivity index (χ2n) is 7.25. The van der Waals surface area contributed by atoms with Crippen LogP contribution in [0.1, 0.15) is 52.0 Å². The van der Waals surface area contributed by atoms with Crippen molar-refractivity contribution >= 4 is 29.6 Å². The number of esters is 1. The SMILES string of the molecule is CCCOc1c(Cl)cc(/C=C/C(=O)OCC(=O)N2[C@H](C)CCC[C@H]2C)cc1OC. The minimum Gasteiger partial charge on any atom is -0.493 e. The fourth-order valence-corrected chi connectivity index (χ4v) is 3.79. The predicted octanol–water partition coefficient (Wildman–Crippen LogP) is 4.48. The molecule has 0 saturated carbocycles. The number of methoxy groups -OCH3 is 1. The van der Waals surface area contributed by atoms with E-state index in [1.165, 1.54) is 13.2 Å². The van der Waals surface area contributed by atoms with Gasteiger partial charge in [0.25, 0.3) is 5.91 Å². The third-order valence-electron chi connectivity index (χ3n) is 4.93. The first-order valence-corrected chi connectivity index (χ1v) is 10.4. The number of likely N-dealkylation sites (tertiary alicyclic amines) is 1. The van der Waals surface area contributed by atoms with Crippen LogP contribution in [0.5, 0.6) is 11.5 Å². The first-order chi connectivity index (χ1) is 13.9. The third-order valence-corrected chi connectivity index (χ3v) is 5.21. The van der Waals surface area contributed by atoms with Gasteiger partial charge in [0.2, 0.25) is 0 Å². The first-order valence-electron chi connectivity index (χ1n) is 10.0. The molecule has 1 aliphatic heterocycles. The van der Waals surface area contributed by atoms with Gasteiger partial charge in [-0.2, -0.15) is 0 Å². The van der Waals surface area contributed by atoms with E-state index in [9.17, 15) is 9.59 Å². The number of hydrogen-bond acceptors (Lipinski definition) is 5. The van der Waals surface area contributed by atoms with Gasteiger partial charge < -0.3 is 19.1 Å². The quantitative estimate of drug-likeness (QED) is 0.455. The maximum Gasteiger partial charge on any atom is 0.331 e. The molecule has 1 heterocycles. The zero-order valence-corrected chi connectivity index (χ0v) is 18.3. The van der Waals surface area contributed by atoms with E-state index >= 15 is 0 Å². The van der Waals surface area contributed by atoms with Crippen LogP contribution in [0.25, 0.3) is 6.08 Å². The lowest BCUT2D eigenvalue weighted by atomic mass is 9.97. The van der Waals surface area contributed by atoms with E-state index in [4.69, 9.17) is 25.8 Å². The van der Waals surface area contributed by atoms with Crippen LogP contribution in [0.15, 0.2) is 18.2 Å². The minimum absolute atomic E-state index is 0.159. The molecule has 1 amide bonds. The Balaban J connectivity index is 1.96. The van der Waals surface area contributed by atoms with Gasteiger partial charge in [-0.05, 0) is 63.3 Å². The standard InChI is InChI=1S/C22H30ClNO5/c1-5-11-28-22-18(23)12-17(13-19(22)27-4)9-10-21(26)29-14-20(25)24-15(2)7-6-8-16(24)3/h9-10,12-13,15-16H,5-8,11,14H2,1-4H3/b10-9+/t15-,16-/m1/s1. The molecule has 160 valence electrons. The van der Waals surface area contributed by atoms with Crippen molar-refractivity contribution in [3.05, 3.63) is 28.8 Å². The monoisotopic (exact) mass is 423 g/mol. The van der Waals surface area contributed by atoms with Crippen LogP contribution in [-0.2, 0) is 14.3 Å². The number of halogens is 1. The Kier molecular flexibility index (Phi) is 8.83. The Morgan fingerprint density at radius 2 is 1.93 bits per heavy atom. The lowest BCUT2D eigenvalue weighted by Crippen LogP contribution is -2.49. The van der Waals surface area contributed by atoms with Crippen molar-refractivity contribution in [3.63, 3.8) is 0 Å². The van der Waals surface area contributed by atoms with E-state index in [1.807, 2.05) is 25.7 Å². The summed E-state index contributed by atoms with van der Waals surface area (Å²) in [5.74, 6) is 0.221. The number of carbonyl (C=O) groups excluding carboxylic acids is 2. The Labute approximate surface area is 177 Å². The largest absolute Gasteiger partial charge is 0.493 e. The number of hydrogen-bond donors (Lipinski definition) is 0. The van der Waals surface area contributed by atoms with Crippen LogP contribution in [0.4, 0.5) is 0 Å². The molecule has 0 spiro atoms. The summed E-state index contributed by atoms with van der Waals surface area (Å²) in [4.78, 5) is 26.3. The number of ether oxygens (including phenoxy) is 3. The van der Waals surface area contributed by atoms with Gasteiger partial charge in [0, 0.05) is 18.2 Å². The lowest BCUT2D eigenvalue weighted by Gasteiger charge is -2.38. The highest BCUT2D eigenvalue weighted by molar-refractivity contribution is 6.32. The molecule has 1 aromatic carbocycles. The average molecular weight is 424 g/mol. The average Bonchev–Trinajstić information content (AvgIpc) is 2.69. The fraction of sp³-hybridized carbons (Fsp3) is 0.545. The van der Waals surface area contributed by atoms with Crippen LogP contribution in [0.2, 0.25) is 5.02 Å². The van der Waals surface area contributed by atoms with Crippen LogP contribution in [-0.4, -0.2) is 49.2 Å². The summed E-state index contributed by atoms with van der Waals surface area (Å²) in [7, 11) is 1.53. The Morgan fingerprint density at radius 1 is 1.24 bits per heavy atom. The summed E-state index contributed by atoms with van der Waals surface area (Å²) in [6.45, 7) is 6.33. The molecule has 1 aliphatic rings. The summed E-state index contributed by atoms with van der Waals surface area (Å²) in [6, 6.07) is 3.75. The number of nitrogens with zero attached hydrogens (tertiary/aromatic N) is 1. The molecule has 0 aliphatic carbocycles. The molecule has 7 heteroatoms. The smallest absolute Gasteiger partial charge is 0.331 e. The van der Waals surface area contributed by atoms with Crippen molar-refractivity contribution in [1.29, 1.82) is 0 Å². The van der Waals surface area contributed by atoms with Gasteiger partial charge in [0.15, 0.2) is 18.1 Å². The molecule has 1 aromatic rings. The number of rotatable bonds is 8. The zero-order valence-electron chi connectivity index (χ0n) is 17.6. The second kappa shape index (κ2) is 11.1. The van der Waals surface area contributed by atoms with Crippen molar-refractivity contribution in [2.45, 2.75) is 58.5 Å². The molecule has 29 heavy (non-hydrogen) atoms. The summed E-state index contributed by atoms with van der Waals surface area (Å²) in [5, 5.41) is 0.397. The van der Waals surface area contributed by atoms with Crippen molar-refractivity contribution in [1.82, 2.24) is 4.90 Å². The van der Waals surface area contributed by atoms with E-state index in [0.717, 1.165) is 25.7 Å². The molecule has 1 saturated heterocycles. The molecule has 2 rings (SSSR count). The number of carbonyl (C=O) groups is 2. The molecule has 6 nitrogen and oxygen atoms in total. The summed E-state index contributed by atoms with van der Waals surface area (Å²) in [5.41, 5.74) is 0.664. The Bertz CT molecular complexity index is 739. The van der Waals surface area contributed by atoms with Crippen molar-refractivity contribution in [2.24, 2.45) is 0 Å². The molecular formula is C22H30ClNO5. The van der Waals surface area contributed by atoms with Gasteiger partial charge in [-0.1, -0.05) is 18.5 Å². The van der Waals surface area contributed by atoms with Crippen molar-refractivity contribution in [2.75, 3.05) is 20.3 Å². The molecular weight excluding hydrogens is 394 g/mol. The number of benzene rings is 1. The fourth-order valence-electron chi connectivity index (χ4n) is 3.51. The molecule has 0 aromatic heterocycles. The van der Waals surface area contributed by atoms with Gasteiger partial charge in [-0.15, -0.1) is 0 Å². The normalized spacial score (nSPS) is 19.3. The zero-order chi connectivity index (χ0) is 21.4. The second-order valence-corrected chi connectivity index (χ2v) is 7.66. The van der Waals surface area contributed by atoms with Crippen LogP contribution in [0, 0.1) is 0 Å². The van der Waals surface area contributed by atoms with Gasteiger partial charge in [-0.3, -0.25) is 4.79 Å². The van der Waals surface area contributed by atoms with E-state index < -0.39 is 5.97 Å². The van der Waals surface area contributed by atoms with E-state index in [1.54, 1.807) is 18.2 Å². The Morgan fingerprint density at radius 3 is 2.55 bits per heavy atom. The summed E-state index contributed by atoms with van der Waals surface area (Å²) < 4.78 is 16.1. The van der Waals surface area contributed by atoms with Crippen LogP contribution >= 0.6 is 11.6 Å². The molecule has 0 radical (unpaired) electrons. The topological polar surface area (TPSA) is 65.1 Å². The first kappa shape index (κ1) is 23.1. The van der Waals surface area contributed by atoms with E-state index in [0.29, 0.717) is 28.7 Å². The van der Waals surface area contributed by atoms with Gasteiger partial charge in [-0.25, -0.2) is 4.79 Å². The van der Waals surface area contributed by atoms with E-state index in [-0.39, 0.29) is 24.6 Å². The van der Waals surface area contributed by atoms with Crippen molar-refractivity contribution in [3.8, 4) is 11.5 Å². The Hall–Kier alpha value is -2.21. The molecule has 0 bridgehead atoms. The number of piperidine rings is 1. The van der Waals surface area contributed by atoms with E-state index in [2.05, 4.69) is 0 Å². The highest BCUT2D eigenvalue weighted by Crippen LogP contribution is 2.36. The van der Waals surface area contributed by atoms with Crippen molar-refractivity contribution < 1.29 is 23.8 Å². The van der Waals surface area contributed by atoms with Crippen LogP contribution in [0.3, 0.4) is 0 Å². The third kappa shape index (κ3) is 6.39.